The van der Waals surface area contributed by atoms with Crippen LogP contribution in [0.1, 0.15) is 40.4 Å². The SMILES string of the molecule is Cc1ccc(S(=O)(=O)n2c(C(=O)/C(C#N)=C\N(C)C)cc3cc(C4CCN(C)CC4)ccc32)cc1. The summed E-state index contributed by atoms with van der Waals surface area (Å²) in [6.07, 6.45) is 3.47. The van der Waals surface area contributed by atoms with E-state index in [1.807, 2.05) is 25.1 Å². The number of rotatable bonds is 6. The maximum absolute atomic E-state index is 13.8. The van der Waals surface area contributed by atoms with Gasteiger partial charge in [0.25, 0.3) is 10.0 Å². The van der Waals surface area contributed by atoms with E-state index >= 15 is 0 Å². The average molecular weight is 491 g/mol. The molecular weight excluding hydrogens is 460 g/mol. The monoisotopic (exact) mass is 490 g/mol. The molecule has 0 atom stereocenters. The van der Waals surface area contributed by atoms with Gasteiger partial charge in [0.1, 0.15) is 17.3 Å². The molecule has 1 aliphatic heterocycles. The molecule has 2 heterocycles. The molecule has 4 rings (SSSR count). The van der Waals surface area contributed by atoms with Gasteiger partial charge < -0.3 is 9.80 Å². The topological polar surface area (TPSA) is 86.4 Å². The molecule has 0 unspecified atom stereocenters. The van der Waals surface area contributed by atoms with E-state index in [4.69, 9.17) is 0 Å². The van der Waals surface area contributed by atoms with Crippen LogP contribution in [0.25, 0.3) is 10.9 Å². The van der Waals surface area contributed by atoms with Crippen LogP contribution >= 0.6 is 0 Å². The molecule has 0 N–H and O–H groups in total. The summed E-state index contributed by atoms with van der Waals surface area (Å²) in [5, 5.41) is 10.3. The van der Waals surface area contributed by atoms with Crippen molar-refractivity contribution in [2.24, 2.45) is 0 Å². The number of allylic oxidation sites excluding steroid dienone is 1. The fourth-order valence-electron chi connectivity index (χ4n) is 4.57. The van der Waals surface area contributed by atoms with Crippen LogP contribution in [0, 0.1) is 18.3 Å². The number of ketones is 1. The lowest BCUT2D eigenvalue weighted by molar-refractivity contribution is 0.103. The molecule has 8 heteroatoms. The smallest absolute Gasteiger partial charge is 0.268 e. The van der Waals surface area contributed by atoms with Crippen molar-refractivity contribution in [2.45, 2.75) is 30.6 Å². The predicted octanol–water partition coefficient (Wildman–Crippen LogP) is 4.15. The first-order valence-corrected chi connectivity index (χ1v) is 13.0. The van der Waals surface area contributed by atoms with Crippen LogP contribution in [0.4, 0.5) is 0 Å². The van der Waals surface area contributed by atoms with Crippen LogP contribution in [0.15, 0.2) is 65.2 Å². The lowest BCUT2D eigenvalue weighted by Gasteiger charge is -2.29. The highest BCUT2D eigenvalue weighted by molar-refractivity contribution is 7.90. The fourth-order valence-corrected chi connectivity index (χ4v) is 6.08. The number of Topliss-reactive ketones (excluding diaryl/α,β-unsaturated/α-hetero) is 1. The van der Waals surface area contributed by atoms with Crippen LogP contribution in [0.5, 0.6) is 0 Å². The molecule has 182 valence electrons. The molecule has 0 amide bonds. The number of hydrogen-bond acceptors (Lipinski definition) is 6. The van der Waals surface area contributed by atoms with Crippen molar-refractivity contribution < 1.29 is 13.2 Å². The molecule has 0 aliphatic carbocycles. The number of fused-ring (bicyclic) bond motifs is 1. The molecule has 0 radical (unpaired) electrons. The molecular formula is C27H30N4O3S. The second-order valence-corrected chi connectivity index (χ2v) is 11.2. The van der Waals surface area contributed by atoms with E-state index in [0.29, 0.717) is 16.8 Å². The zero-order valence-electron chi connectivity index (χ0n) is 20.5. The van der Waals surface area contributed by atoms with Gasteiger partial charge in [-0.15, -0.1) is 0 Å². The Balaban J connectivity index is 1.91. The second-order valence-electron chi connectivity index (χ2n) is 9.46. The quantitative estimate of drug-likeness (QED) is 0.293. The number of aryl methyl sites for hydroxylation is 1. The first-order valence-electron chi connectivity index (χ1n) is 11.6. The molecule has 0 saturated carbocycles. The van der Waals surface area contributed by atoms with E-state index < -0.39 is 15.8 Å². The van der Waals surface area contributed by atoms with E-state index in [1.165, 1.54) is 6.20 Å². The van der Waals surface area contributed by atoms with Crippen molar-refractivity contribution in [1.29, 1.82) is 5.26 Å². The minimum atomic E-state index is -4.09. The lowest BCUT2D eigenvalue weighted by atomic mass is 9.89. The van der Waals surface area contributed by atoms with Crippen molar-refractivity contribution in [1.82, 2.24) is 13.8 Å². The number of piperidine rings is 1. The van der Waals surface area contributed by atoms with Crippen molar-refractivity contribution in [2.75, 3.05) is 34.2 Å². The maximum atomic E-state index is 13.8. The van der Waals surface area contributed by atoms with Crippen molar-refractivity contribution >= 4 is 26.7 Å². The minimum absolute atomic E-state index is 0.0456. The van der Waals surface area contributed by atoms with E-state index in [1.54, 1.807) is 55.4 Å². The van der Waals surface area contributed by atoms with Gasteiger partial charge in [0.05, 0.1) is 10.4 Å². The van der Waals surface area contributed by atoms with Gasteiger partial charge in [0.2, 0.25) is 5.78 Å². The van der Waals surface area contributed by atoms with Crippen molar-refractivity contribution in [3.63, 3.8) is 0 Å². The van der Waals surface area contributed by atoms with Gasteiger partial charge in [-0.05, 0) is 81.7 Å². The number of carbonyl (C=O) groups excluding carboxylic acids is 1. The van der Waals surface area contributed by atoms with E-state index in [0.717, 1.165) is 41.0 Å². The Labute approximate surface area is 206 Å². The third kappa shape index (κ3) is 4.88. The molecule has 3 aromatic rings. The van der Waals surface area contributed by atoms with E-state index in [-0.39, 0.29) is 16.2 Å². The summed E-state index contributed by atoms with van der Waals surface area (Å²) in [6, 6.07) is 15.8. The molecule has 1 fully saturated rings. The Hall–Kier alpha value is -3.41. The highest BCUT2D eigenvalue weighted by Gasteiger charge is 2.29. The number of hydrogen-bond donors (Lipinski definition) is 0. The van der Waals surface area contributed by atoms with Crippen molar-refractivity contribution in [3.8, 4) is 6.07 Å². The summed E-state index contributed by atoms with van der Waals surface area (Å²) in [7, 11) is 1.43. The summed E-state index contributed by atoms with van der Waals surface area (Å²) in [5.74, 6) is -0.246. The molecule has 35 heavy (non-hydrogen) atoms. The first-order chi connectivity index (χ1) is 16.6. The van der Waals surface area contributed by atoms with Gasteiger partial charge in [-0.2, -0.15) is 5.26 Å². The molecule has 7 nitrogen and oxygen atoms in total. The van der Waals surface area contributed by atoms with Gasteiger partial charge >= 0.3 is 0 Å². The van der Waals surface area contributed by atoms with E-state index in [9.17, 15) is 18.5 Å². The Kier molecular flexibility index (Phi) is 6.84. The maximum Gasteiger partial charge on any atom is 0.268 e. The first kappa shape index (κ1) is 24.7. The minimum Gasteiger partial charge on any atom is -0.382 e. The standard InChI is InChI=1S/C27H30N4O3S/c1-19-5-8-24(9-6-19)35(33,34)31-25-10-7-21(20-11-13-30(4)14-12-20)15-22(25)16-26(31)27(32)23(17-28)18-29(2)3/h5-10,15-16,18,20H,11-14H2,1-4H3/b23-18-. The molecule has 1 aliphatic rings. The highest BCUT2D eigenvalue weighted by atomic mass is 32.2. The third-order valence-corrected chi connectivity index (χ3v) is 8.26. The van der Waals surface area contributed by atoms with Crippen LogP contribution in [0.3, 0.4) is 0 Å². The third-order valence-electron chi connectivity index (χ3n) is 6.52. The number of aromatic nitrogens is 1. The predicted molar refractivity (Wildman–Crippen MR) is 137 cm³/mol. The number of nitrogens with zero attached hydrogens (tertiary/aromatic N) is 4. The van der Waals surface area contributed by atoms with Crippen LogP contribution in [-0.4, -0.2) is 62.2 Å². The second kappa shape index (κ2) is 9.68. The van der Waals surface area contributed by atoms with Gasteiger partial charge in [-0.3, -0.25) is 4.79 Å². The number of carbonyl (C=O) groups is 1. The van der Waals surface area contributed by atoms with Crippen LogP contribution < -0.4 is 0 Å². The van der Waals surface area contributed by atoms with Gasteiger partial charge in [0, 0.05) is 25.7 Å². The zero-order valence-corrected chi connectivity index (χ0v) is 21.3. The normalized spacial score (nSPS) is 15.8. The summed E-state index contributed by atoms with van der Waals surface area (Å²) in [4.78, 5) is 17.4. The Bertz CT molecular complexity index is 1440. The molecule has 1 aromatic heterocycles. The summed E-state index contributed by atoms with van der Waals surface area (Å²) < 4.78 is 28.7. The lowest BCUT2D eigenvalue weighted by Crippen LogP contribution is -2.29. The molecule has 0 spiro atoms. The van der Waals surface area contributed by atoms with Crippen LogP contribution in [-0.2, 0) is 10.0 Å². The van der Waals surface area contributed by atoms with Crippen LogP contribution in [0.2, 0.25) is 0 Å². The Morgan fingerprint density at radius 1 is 1.09 bits per heavy atom. The van der Waals surface area contributed by atoms with Gasteiger partial charge in [-0.25, -0.2) is 12.4 Å². The summed E-state index contributed by atoms with van der Waals surface area (Å²) in [6.45, 7) is 3.90. The number of likely N-dealkylation sites (tertiary alicyclic amines) is 1. The number of benzene rings is 2. The van der Waals surface area contributed by atoms with E-state index in [2.05, 4.69) is 11.9 Å². The Morgan fingerprint density at radius 3 is 2.34 bits per heavy atom. The summed E-state index contributed by atoms with van der Waals surface area (Å²) in [5.41, 5.74) is 2.32. The molecule has 1 saturated heterocycles. The fraction of sp³-hybridized carbons (Fsp3) is 0.333. The number of nitriles is 1. The zero-order chi connectivity index (χ0) is 25.3. The Morgan fingerprint density at radius 2 is 1.74 bits per heavy atom. The largest absolute Gasteiger partial charge is 0.382 e. The highest BCUT2D eigenvalue weighted by Crippen LogP contribution is 2.33. The average Bonchev–Trinajstić information content (AvgIpc) is 3.22. The molecule has 0 bridgehead atoms. The summed E-state index contributed by atoms with van der Waals surface area (Å²) >= 11 is 0. The van der Waals surface area contributed by atoms with Crippen molar-refractivity contribution in [3.05, 3.63) is 77.1 Å². The van der Waals surface area contributed by atoms with Gasteiger partial charge in [0.15, 0.2) is 0 Å². The van der Waals surface area contributed by atoms with Gasteiger partial charge in [-0.1, -0.05) is 23.8 Å². The molecule has 2 aromatic carbocycles.